The van der Waals surface area contributed by atoms with E-state index < -0.39 is 5.76 Å². The molecule has 0 aliphatic carbocycles. The summed E-state index contributed by atoms with van der Waals surface area (Å²) in [4.78, 5) is 16.8. The molecule has 0 saturated carbocycles. The van der Waals surface area contributed by atoms with E-state index in [0.717, 1.165) is 0 Å². The van der Waals surface area contributed by atoms with Crippen LogP contribution < -0.4 is 5.76 Å². The number of rotatable bonds is 0. The zero-order valence-corrected chi connectivity index (χ0v) is 9.00. The molecule has 0 fully saturated rings. The van der Waals surface area contributed by atoms with Gasteiger partial charge in [-0.3, -0.25) is 4.98 Å². The Balaban J connectivity index is 0.000000379. The molecule has 0 spiro atoms. The number of hydrogen-bond acceptors (Lipinski definition) is 3. The summed E-state index contributed by atoms with van der Waals surface area (Å²) in [5, 5.41) is 0. The highest BCUT2D eigenvalue weighted by molar-refractivity contribution is 5.65. The molecule has 0 atom stereocenters. The lowest BCUT2D eigenvalue weighted by molar-refractivity contribution is 0.555. The summed E-state index contributed by atoms with van der Waals surface area (Å²) in [5.74, 6) is -0.464. The van der Waals surface area contributed by atoms with Crippen molar-refractivity contribution in [2.75, 3.05) is 0 Å². The Morgan fingerprint density at radius 3 is 2.50 bits per heavy atom. The van der Waals surface area contributed by atoms with E-state index in [-0.39, 0.29) is 0 Å². The molecule has 0 unspecified atom stereocenters. The smallest absolute Gasteiger partial charge is 0.406 e. The maximum atomic E-state index is 10.5. The highest BCUT2D eigenvalue weighted by Crippen LogP contribution is 2.02. The minimum Gasteiger partial charge on any atom is -0.406 e. The number of nitrogens with one attached hydrogen (secondary N) is 1. The van der Waals surface area contributed by atoms with E-state index in [2.05, 4.69) is 9.97 Å². The second kappa shape index (κ2) is 6.88. The van der Waals surface area contributed by atoms with E-state index in [9.17, 15) is 4.79 Å². The third kappa shape index (κ3) is 3.05. The second-order valence-corrected chi connectivity index (χ2v) is 1.86. The minimum atomic E-state index is -0.464. The first kappa shape index (κ1) is 12.4. The fourth-order valence-corrected chi connectivity index (χ4v) is 0.789. The Morgan fingerprint density at radius 1 is 1.29 bits per heavy atom. The van der Waals surface area contributed by atoms with Crippen LogP contribution in [0, 0.1) is 0 Å². The summed E-state index contributed by atoms with van der Waals surface area (Å²) in [6.07, 6.45) is 1.59. The summed E-state index contributed by atoms with van der Waals surface area (Å²) in [6.45, 7) is 8.00. The molecule has 2 heterocycles. The molecular weight excluding hydrogens is 180 g/mol. The second-order valence-electron chi connectivity index (χ2n) is 1.86. The predicted octanol–water partition coefficient (Wildman–Crippen LogP) is 2.57. The highest BCUT2D eigenvalue weighted by Gasteiger charge is 1.96. The van der Waals surface area contributed by atoms with Gasteiger partial charge in [-0.15, -0.1) is 0 Å². The van der Waals surface area contributed by atoms with Crippen LogP contribution in [0.15, 0.2) is 27.5 Å². The van der Waals surface area contributed by atoms with Crippen molar-refractivity contribution in [2.24, 2.45) is 0 Å². The molecule has 2 aromatic heterocycles. The number of oxazole rings is 1. The van der Waals surface area contributed by atoms with E-state index in [4.69, 9.17) is 4.42 Å². The highest BCUT2D eigenvalue weighted by atomic mass is 16.4. The molecule has 0 amide bonds. The summed E-state index contributed by atoms with van der Waals surface area (Å²) in [5.41, 5.74) is 0.986. The number of fused-ring (bicyclic) bond motifs is 1. The molecule has 0 radical (unpaired) electrons. The molecule has 4 heteroatoms. The average molecular weight is 196 g/mol. The predicted molar refractivity (Wildman–Crippen MR) is 57.3 cm³/mol. The lowest BCUT2D eigenvalue weighted by Gasteiger charge is -1.79. The van der Waals surface area contributed by atoms with Crippen molar-refractivity contribution in [3.05, 3.63) is 28.9 Å². The van der Waals surface area contributed by atoms with Crippen molar-refractivity contribution in [2.45, 2.75) is 27.7 Å². The van der Waals surface area contributed by atoms with Gasteiger partial charge in [-0.25, -0.2) is 9.78 Å². The van der Waals surface area contributed by atoms with Crippen LogP contribution in [-0.4, -0.2) is 9.97 Å². The number of aromatic amines is 1. The summed E-state index contributed by atoms with van der Waals surface area (Å²) in [6, 6.07) is 3.39. The zero-order valence-electron chi connectivity index (χ0n) is 9.00. The Kier molecular flexibility index (Phi) is 6.11. The Bertz CT molecular complexity index is 367. The summed E-state index contributed by atoms with van der Waals surface area (Å²) < 4.78 is 4.69. The van der Waals surface area contributed by atoms with Gasteiger partial charge >= 0.3 is 5.76 Å². The van der Waals surface area contributed by atoms with Crippen molar-refractivity contribution in [1.82, 2.24) is 9.97 Å². The number of H-pyrrole nitrogens is 1. The van der Waals surface area contributed by atoms with Crippen molar-refractivity contribution in [3.63, 3.8) is 0 Å². The third-order valence-corrected chi connectivity index (χ3v) is 1.19. The molecule has 14 heavy (non-hydrogen) atoms. The van der Waals surface area contributed by atoms with Crippen LogP contribution in [0.1, 0.15) is 27.7 Å². The van der Waals surface area contributed by atoms with Gasteiger partial charge in [0, 0.05) is 6.20 Å². The lowest BCUT2D eigenvalue weighted by Crippen LogP contribution is -1.93. The molecule has 4 nitrogen and oxygen atoms in total. The zero-order chi connectivity index (χ0) is 11.0. The van der Waals surface area contributed by atoms with Gasteiger partial charge in [-0.2, -0.15) is 0 Å². The van der Waals surface area contributed by atoms with Gasteiger partial charge in [0.2, 0.25) is 0 Å². The molecule has 0 saturated heterocycles. The number of pyridine rings is 1. The van der Waals surface area contributed by atoms with Gasteiger partial charge in [0.15, 0.2) is 11.2 Å². The largest absolute Gasteiger partial charge is 0.418 e. The SMILES string of the molecule is CC.CC.O=c1[nH]c2ncccc2o1. The van der Waals surface area contributed by atoms with E-state index in [1.807, 2.05) is 27.7 Å². The Hall–Kier alpha value is -1.58. The van der Waals surface area contributed by atoms with Gasteiger partial charge in [-0.05, 0) is 12.1 Å². The number of nitrogens with zero attached hydrogens (tertiary/aromatic N) is 1. The maximum absolute atomic E-state index is 10.5. The quantitative estimate of drug-likeness (QED) is 0.704. The van der Waals surface area contributed by atoms with E-state index in [0.29, 0.717) is 11.2 Å². The lowest BCUT2D eigenvalue weighted by atomic mass is 10.5. The van der Waals surface area contributed by atoms with Crippen molar-refractivity contribution < 1.29 is 4.42 Å². The molecule has 0 aliphatic rings. The third-order valence-electron chi connectivity index (χ3n) is 1.19. The van der Waals surface area contributed by atoms with Gasteiger partial charge in [-0.1, -0.05) is 27.7 Å². The van der Waals surface area contributed by atoms with Gasteiger partial charge in [0.05, 0.1) is 0 Å². The molecule has 0 bridgehead atoms. The van der Waals surface area contributed by atoms with Crippen LogP contribution in [0.4, 0.5) is 0 Å². The molecule has 0 aliphatic heterocycles. The molecule has 0 aromatic carbocycles. The van der Waals surface area contributed by atoms with E-state index in [1.54, 1.807) is 18.3 Å². The number of hydrogen-bond donors (Lipinski definition) is 1. The topological polar surface area (TPSA) is 58.9 Å². The summed E-state index contributed by atoms with van der Waals surface area (Å²) >= 11 is 0. The normalized spacial score (nSPS) is 8.29. The Labute approximate surface area is 83.0 Å². The Morgan fingerprint density at radius 2 is 1.93 bits per heavy atom. The molecule has 1 N–H and O–H groups in total. The van der Waals surface area contributed by atoms with Crippen LogP contribution in [0.5, 0.6) is 0 Å². The van der Waals surface area contributed by atoms with Crippen molar-refractivity contribution >= 4 is 11.2 Å². The first-order valence-corrected chi connectivity index (χ1v) is 4.80. The van der Waals surface area contributed by atoms with Crippen LogP contribution in [0.2, 0.25) is 0 Å². The average Bonchev–Trinajstić information content (AvgIpc) is 2.64. The van der Waals surface area contributed by atoms with Gasteiger partial charge in [0.1, 0.15) is 0 Å². The van der Waals surface area contributed by atoms with E-state index in [1.165, 1.54) is 0 Å². The van der Waals surface area contributed by atoms with Crippen molar-refractivity contribution in [3.8, 4) is 0 Å². The fraction of sp³-hybridized carbons (Fsp3) is 0.400. The van der Waals surface area contributed by atoms with Crippen molar-refractivity contribution in [1.29, 1.82) is 0 Å². The van der Waals surface area contributed by atoms with Crippen LogP contribution in [0.3, 0.4) is 0 Å². The van der Waals surface area contributed by atoms with Gasteiger partial charge < -0.3 is 4.42 Å². The molecule has 78 valence electrons. The monoisotopic (exact) mass is 196 g/mol. The molecular formula is C10H16N2O2. The standard InChI is InChI=1S/C6H4N2O2.2C2H6/c9-6-8-5-4(10-6)2-1-3-7-5;2*1-2/h1-3H,(H,7,8,9);2*1-2H3. The van der Waals surface area contributed by atoms with Crippen LogP contribution in [0.25, 0.3) is 11.2 Å². The fourth-order valence-electron chi connectivity index (χ4n) is 0.789. The van der Waals surface area contributed by atoms with Crippen LogP contribution in [-0.2, 0) is 0 Å². The minimum absolute atomic E-state index is 0.464. The van der Waals surface area contributed by atoms with Gasteiger partial charge in [0.25, 0.3) is 0 Å². The molecule has 2 rings (SSSR count). The van der Waals surface area contributed by atoms with E-state index >= 15 is 0 Å². The van der Waals surface area contributed by atoms with Crippen LogP contribution >= 0.6 is 0 Å². The molecule has 2 aromatic rings. The summed E-state index contributed by atoms with van der Waals surface area (Å²) in [7, 11) is 0. The number of aromatic nitrogens is 2. The first-order chi connectivity index (χ1) is 6.86. The first-order valence-electron chi connectivity index (χ1n) is 4.80. The maximum Gasteiger partial charge on any atom is 0.418 e.